The fourth-order valence-electron chi connectivity index (χ4n) is 2.60. The fourth-order valence-corrected chi connectivity index (χ4v) is 3.62. The van der Waals surface area contributed by atoms with Crippen LogP contribution >= 0.6 is 35.3 Å². The van der Waals surface area contributed by atoms with Gasteiger partial charge in [0.05, 0.1) is 6.61 Å². The van der Waals surface area contributed by atoms with Gasteiger partial charge in [-0.15, -0.1) is 35.3 Å². The highest BCUT2D eigenvalue weighted by Crippen LogP contribution is 2.16. The van der Waals surface area contributed by atoms with E-state index < -0.39 is 0 Å². The predicted octanol–water partition coefficient (Wildman–Crippen LogP) is 4.03. The molecule has 0 amide bonds. The van der Waals surface area contributed by atoms with E-state index in [1.54, 1.807) is 14.2 Å². The third-order valence-corrected chi connectivity index (χ3v) is 4.98. The normalized spacial score (nSPS) is 12.2. The van der Waals surface area contributed by atoms with Gasteiger partial charge < -0.3 is 20.7 Å². The molecule has 0 saturated heterocycles. The minimum absolute atomic E-state index is 0. The molecule has 0 aliphatic rings. The quantitative estimate of drug-likeness (QED) is 0.210. The summed E-state index contributed by atoms with van der Waals surface area (Å²) in [7, 11) is 3.51. The number of aryl methyl sites for hydroxylation is 1. The number of nitrogens with zero attached hydrogens (tertiary/aromatic N) is 1. The molecule has 1 heterocycles. The highest BCUT2D eigenvalue weighted by Gasteiger charge is 2.08. The second-order valence-electron chi connectivity index (χ2n) is 6.30. The minimum Gasteiger partial charge on any atom is -0.383 e. The van der Waals surface area contributed by atoms with Gasteiger partial charge >= 0.3 is 0 Å². The van der Waals surface area contributed by atoms with Gasteiger partial charge in [-0.2, -0.15) is 0 Å². The summed E-state index contributed by atoms with van der Waals surface area (Å²) in [6.45, 7) is 6.58. The third-order valence-electron chi connectivity index (χ3n) is 3.96. The zero-order chi connectivity index (χ0) is 18.8. The maximum atomic E-state index is 5.04. The Labute approximate surface area is 184 Å². The molecule has 0 fully saturated rings. The third kappa shape index (κ3) is 8.94. The number of methoxy groups -OCH3 is 1. The van der Waals surface area contributed by atoms with E-state index >= 15 is 0 Å². The lowest BCUT2D eigenvalue weighted by Gasteiger charge is -2.17. The fraction of sp³-hybridized carbons (Fsp3) is 0.450. The summed E-state index contributed by atoms with van der Waals surface area (Å²) in [4.78, 5) is 7.08. The summed E-state index contributed by atoms with van der Waals surface area (Å²) in [6, 6.07) is 13.1. The first-order valence-electron chi connectivity index (χ1n) is 8.95. The van der Waals surface area contributed by atoms with E-state index in [4.69, 9.17) is 4.74 Å². The molecule has 150 valence electrons. The van der Waals surface area contributed by atoms with Crippen molar-refractivity contribution >= 4 is 47.0 Å². The van der Waals surface area contributed by atoms with Crippen LogP contribution in [0.4, 0.5) is 5.69 Å². The van der Waals surface area contributed by atoms with Crippen molar-refractivity contribution in [3.63, 3.8) is 0 Å². The van der Waals surface area contributed by atoms with Crippen LogP contribution in [0.2, 0.25) is 0 Å². The lowest BCUT2D eigenvalue weighted by molar-refractivity contribution is 0.211. The standard InChI is InChI=1S/C20H30N4OS.HI/c1-15(13-19-10-5-16(2)26-19)24-20(21-3)23-14-17-6-8-18(9-7-17)22-11-12-25-4;/h5-10,15,22H,11-14H2,1-4H3,(H2,21,23,24);1H. The Kier molecular flexibility index (Phi) is 11.4. The van der Waals surface area contributed by atoms with Crippen LogP contribution in [0.1, 0.15) is 22.2 Å². The van der Waals surface area contributed by atoms with Gasteiger partial charge in [0.1, 0.15) is 0 Å². The van der Waals surface area contributed by atoms with E-state index in [0.717, 1.165) is 31.2 Å². The zero-order valence-corrected chi connectivity index (χ0v) is 19.7. The predicted molar refractivity (Wildman–Crippen MR) is 128 cm³/mol. The molecule has 0 bridgehead atoms. The van der Waals surface area contributed by atoms with Crippen LogP contribution in [0.3, 0.4) is 0 Å². The first kappa shape index (κ1) is 23.7. The average molecular weight is 502 g/mol. The molecule has 2 rings (SSSR count). The number of halogens is 1. The van der Waals surface area contributed by atoms with Crippen LogP contribution in [0, 0.1) is 6.92 Å². The highest BCUT2D eigenvalue weighted by molar-refractivity contribution is 14.0. The van der Waals surface area contributed by atoms with Gasteiger partial charge in [0.15, 0.2) is 5.96 Å². The van der Waals surface area contributed by atoms with Gasteiger partial charge in [-0.25, -0.2) is 0 Å². The van der Waals surface area contributed by atoms with Crippen molar-refractivity contribution in [2.75, 3.05) is 32.6 Å². The smallest absolute Gasteiger partial charge is 0.191 e. The van der Waals surface area contributed by atoms with E-state index in [1.165, 1.54) is 15.3 Å². The van der Waals surface area contributed by atoms with E-state index in [2.05, 4.69) is 71.2 Å². The van der Waals surface area contributed by atoms with Crippen molar-refractivity contribution < 1.29 is 4.74 Å². The molecular formula is C20H31IN4OS. The molecule has 1 aromatic carbocycles. The molecule has 0 aliphatic heterocycles. The van der Waals surface area contributed by atoms with Gasteiger partial charge in [0, 0.05) is 55.2 Å². The first-order chi connectivity index (χ1) is 12.6. The van der Waals surface area contributed by atoms with Gasteiger partial charge in [-0.3, -0.25) is 4.99 Å². The maximum absolute atomic E-state index is 5.04. The van der Waals surface area contributed by atoms with Crippen molar-refractivity contribution in [3.8, 4) is 0 Å². The molecular weight excluding hydrogens is 471 g/mol. The van der Waals surface area contributed by atoms with Crippen LogP contribution in [0.25, 0.3) is 0 Å². The van der Waals surface area contributed by atoms with Crippen LogP contribution in [-0.4, -0.2) is 39.3 Å². The van der Waals surface area contributed by atoms with Gasteiger partial charge in [0.2, 0.25) is 0 Å². The molecule has 1 unspecified atom stereocenters. The minimum atomic E-state index is 0. The summed E-state index contributed by atoms with van der Waals surface area (Å²) in [5.74, 6) is 0.827. The number of hydrogen-bond acceptors (Lipinski definition) is 4. The van der Waals surface area contributed by atoms with Gasteiger partial charge in [0.25, 0.3) is 0 Å². The molecule has 0 radical (unpaired) electrons. The molecule has 2 aromatic rings. The number of hydrogen-bond donors (Lipinski definition) is 3. The number of ether oxygens (including phenoxy) is 1. The second kappa shape index (κ2) is 13.0. The average Bonchev–Trinajstić information content (AvgIpc) is 3.04. The van der Waals surface area contributed by atoms with Crippen LogP contribution in [0.15, 0.2) is 41.4 Å². The lowest BCUT2D eigenvalue weighted by Crippen LogP contribution is -2.42. The molecule has 3 N–H and O–H groups in total. The van der Waals surface area contributed by atoms with Gasteiger partial charge in [-0.1, -0.05) is 12.1 Å². The molecule has 1 atom stereocenters. The molecule has 27 heavy (non-hydrogen) atoms. The summed E-state index contributed by atoms with van der Waals surface area (Å²) < 4.78 is 5.04. The zero-order valence-electron chi connectivity index (χ0n) is 16.5. The molecule has 0 saturated carbocycles. The number of thiophene rings is 1. The van der Waals surface area contributed by atoms with Crippen molar-refractivity contribution in [2.24, 2.45) is 4.99 Å². The topological polar surface area (TPSA) is 57.7 Å². The van der Waals surface area contributed by atoms with Crippen molar-refractivity contribution in [1.29, 1.82) is 0 Å². The highest BCUT2D eigenvalue weighted by atomic mass is 127. The summed E-state index contributed by atoms with van der Waals surface area (Å²) in [5, 5.41) is 10.2. The number of aliphatic imine (C=N–C) groups is 1. The van der Waals surface area contributed by atoms with Crippen molar-refractivity contribution in [3.05, 3.63) is 51.7 Å². The number of benzene rings is 1. The number of guanidine groups is 1. The molecule has 7 heteroatoms. The SMILES string of the molecule is CN=C(NCc1ccc(NCCOC)cc1)NC(C)Cc1ccc(C)s1.I. The molecule has 0 spiro atoms. The first-order valence-corrected chi connectivity index (χ1v) is 9.76. The maximum Gasteiger partial charge on any atom is 0.191 e. The molecule has 5 nitrogen and oxygen atoms in total. The molecule has 0 aliphatic carbocycles. The molecule has 1 aromatic heterocycles. The van der Waals surface area contributed by atoms with Crippen LogP contribution in [0.5, 0.6) is 0 Å². The summed E-state index contributed by atoms with van der Waals surface area (Å²) in [6.07, 6.45) is 1.00. The van der Waals surface area contributed by atoms with Crippen LogP contribution in [-0.2, 0) is 17.7 Å². The van der Waals surface area contributed by atoms with E-state index in [0.29, 0.717) is 12.6 Å². The van der Waals surface area contributed by atoms with E-state index in [1.807, 2.05) is 11.3 Å². The summed E-state index contributed by atoms with van der Waals surface area (Å²) >= 11 is 1.86. The van der Waals surface area contributed by atoms with Crippen molar-refractivity contribution in [1.82, 2.24) is 10.6 Å². The lowest BCUT2D eigenvalue weighted by atomic mass is 10.2. The van der Waals surface area contributed by atoms with Crippen LogP contribution < -0.4 is 16.0 Å². The Hall–Kier alpha value is -1.32. The number of rotatable bonds is 9. The Morgan fingerprint density at radius 2 is 1.93 bits per heavy atom. The van der Waals surface area contributed by atoms with E-state index in [-0.39, 0.29) is 24.0 Å². The Balaban J connectivity index is 0.00000364. The largest absolute Gasteiger partial charge is 0.383 e. The van der Waals surface area contributed by atoms with Crippen molar-refractivity contribution in [2.45, 2.75) is 32.9 Å². The number of anilines is 1. The second-order valence-corrected chi connectivity index (χ2v) is 7.68. The number of nitrogens with one attached hydrogen (secondary N) is 3. The Bertz CT molecular complexity index is 688. The monoisotopic (exact) mass is 502 g/mol. The van der Waals surface area contributed by atoms with E-state index in [9.17, 15) is 0 Å². The Morgan fingerprint density at radius 1 is 1.19 bits per heavy atom. The summed E-state index contributed by atoms with van der Waals surface area (Å²) in [5.41, 5.74) is 2.32. The van der Waals surface area contributed by atoms with Gasteiger partial charge in [-0.05, 0) is 43.7 Å². The Morgan fingerprint density at radius 3 is 2.52 bits per heavy atom.